The van der Waals surface area contributed by atoms with E-state index in [1.807, 2.05) is 23.9 Å². The lowest BCUT2D eigenvalue weighted by atomic mass is 10.2. The first-order chi connectivity index (χ1) is 7.85. The number of rotatable bonds is 3. The summed E-state index contributed by atoms with van der Waals surface area (Å²) in [6, 6.07) is 5.99. The molecule has 1 fully saturated rings. The van der Waals surface area contributed by atoms with Crippen molar-refractivity contribution in [3.8, 4) is 11.5 Å². The first-order valence-electron chi connectivity index (χ1n) is 5.42. The fourth-order valence-electron chi connectivity index (χ4n) is 1.80. The normalized spacial score (nSPS) is 20.5. The summed E-state index contributed by atoms with van der Waals surface area (Å²) in [5.74, 6) is 2.93. The van der Waals surface area contributed by atoms with Crippen molar-refractivity contribution in [2.45, 2.75) is 11.8 Å². The van der Waals surface area contributed by atoms with Crippen LogP contribution in [0.25, 0.3) is 0 Å². The van der Waals surface area contributed by atoms with Gasteiger partial charge in [-0.05, 0) is 30.9 Å². The van der Waals surface area contributed by atoms with Crippen LogP contribution in [0.5, 0.6) is 11.5 Å². The predicted octanol–water partition coefficient (Wildman–Crippen LogP) is 2.43. The van der Waals surface area contributed by atoms with Crippen LogP contribution in [-0.4, -0.2) is 26.5 Å². The number of hydrogen-bond donors (Lipinski definition) is 1. The van der Waals surface area contributed by atoms with E-state index in [0.717, 1.165) is 18.0 Å². The van der Waals surface area contributed by atoms with Crippen molar-refractivity contribution in [2.24, 2.45) is 0 Å². The molecular formula is C12H17NO2S. The van der Waals surface area contributed by atoms with E-state index in [9.17, 15) is 0 Å². The highest BCUT2D eigenvalue weighted by atomic mass is 32.2. The van der Waals surface area contributed by atoms with Crippen molar-refractivity contribution in [3.05, 3.63) is 23.8 Å². The Balaban J connectivity index is 2.24. The van der Waals surface area contributed by atoms with Crippen molar-refractivity contribution in [1.29, 1.82) is 0 Å². The molecule has 0 aliphatic carbocycles. The van der Waals surface area contributed by atoms with Gasteiger partial charge in [-0.3, -0.25) is 0 Å². The minimum atomic E-state index is 0.342. The summed E-state index contributed by atoms with van der Waals surface area (Å²) in [7, 11) is 3.37. The maximum atomic E-state index is 5.41. The molecule has 0 saturated carbocycles. The van der Waals surface area contributed by atoms with Crippen molar-refractivity contribution in [2.75, 3.05) is 26.5 Å². The lowest BCUT2D eigenvalue weighted by Gasteiger charge is -2.25. The number of benzene rings is 1. The van der Waals surface area contributed by atoms with Crippen LogP contribution in [0.15, 0.2) is 18.2 Å². The van der Waals surface area contributed by atoms with Crippen molar-refractivity contribution in [1.82, 2.24) is 5.32 Å². The number of nitrogens with one attached hydrogen (secondary N) is 1. The van der Waals surface area contributed by atoms with E-state index in [1.54, 1.807) is 14.2 Å². The summed E-state index contributed by atoms with van der Waals surface area (Å²) >= 11 is 1.93. The molecular weight excluding hydrogens is 222 g/mol. The van der Waals surface area contributed by atoms with Crippen LogP contribution >= 0.6 is 11.8 Å². The number of hydrogen-bond acceptors (Lipinski definition) is 4. The highest BCUT2D eigenvalue weighted by molar-refractivity contribution is 7.99. The molecule has 0 amide bonds. The molecule has 0 bridgehead atoms. The Morgan fingerprint density at radius 3 is 2.81 bits per heavy atom. The zero-order chi connectivity index (χ0) is 11.4. The lowest BCUT2D eigenvalue weighted by molar-refractivity contribution is 0.389. The molecule has 1 N–H and O–H groups in total. The Morgan fingerprint density at radius 2 is 2.19 bits per heavy atom. The molecule has 4 heteroatoms. The zero-order valence-corrected chi connectivity index (χ0v) is 10.5. The average Bonchev–Trinajstić information content (AvgIpc) is 2.39. The van der Waals surface area contributed by atoms with Gasteiger partial charge in [0.1, 0.15) is 11.5 Å². The van der Waals surface area contributed by atoms with Gasteiger partial charge in [-0.2, -0.15) is 0 Å². The maximum Gasteiger partial charge on any atom is 0.128 e. The van der Waals surface area contributed by atoms with Gasteiger partial charge in [-0.25, -0.2) is 0 Å². The predicted molar refractivity (Wildman–Crippen MR) is 67.4 cm³/mol. The minimum Gasteiger partial charge on any atom is -0.497 e. The molecule has 2 rings (SSSR count). The van der Waals surface area contributed by atoms with E-state index in [2.05, 4.69) is 11.4 Å². The zero-order valence-electron chi connectivity index (χ0n) is 9.66. The minimum absolute atomic E-state index is 0.342. The van der Waals surface area contributed by atoms with E-state index in [1.165, 1.54) is 17.7 Å². The van der Waals surface area contributed by atoms with Crippen LogP contribution in [0, 0.1) is 0 Å². The molecule has 0 spiro atoms. The first-order valence-corrected chi connectivity index (χ1v) is 6.47. The van der Waals surface area contributed by atoms with E-state index in [4.69, 9.17) is 9.47 Å². The second-order valence-electron chi connectivity index (χ2n) is 3.67. The quantitative estimate of drug-likeness (QED) is 0.877. The Labute approximate surface area is 101 Å². The van der Waals surface area contributed by atoms with Crippen LogP contribution in [-0.2, 0) is 0 Å². The fourth-order valence-corrected chi connectivity index (χ4v) is 2.96. The first kappa shape index (κ1) is 11.6. The fraction of sp³-hybridized carbons (Fsp3) is 0.500. The molecule has 3 nitrogen and oxygen atoms in total. The maximum absolute atomic E-state index is 5.41. The summed E-state index contributed by atoms with van der Waals surface area (Å²) in [4.78, 5) is 0. The molecule has 1 heterocycles. The Morgan fingerprint density at radius 1 is 1.31 bits per heavy atom. The van der Waals surface area contributed by atoms with Crippen LogP contribution in [0.2, 0.25) is 0 Å². The monoisotopic (exact) mass is 239 g/mol. The molecule has 1 aliphatic rings. The highest BCUT2D eigenvalue weighted by Crippen LogP contribution is 2.36. The van der Waals surface area contributed by atoms with Crippen LogP contribution < -0.4 is 14.8 Å². The van der Waals surface area contributed by atoms with Gasteiger partial charge in [0, 0.05) is 11.6 Å². The Bertz CT molecular complexity index is 351. The smallest absolute Gasteiger partial charge is 0.128 e. The van der Waals surface area contributed by atoms with Crippen molar-refractivity contribution < 1.29 is 9.47 Å². The number of methoxy groups -OCH3 is 2. The van der Waals surface area contributed by atoms with Crippen molar-refractivity contribution >= 4 is 11.8 Å². The third kappa shape index (κ3) is 2.44. The van der Waals surface area contributed by atoms with Crippen LogP contribution in [0.1, 0.15) is 17.4 Å². The molecule has 1 aliphatic heterocycles. The summed E-state index contributed by atoms with van der Waals surface area (Å²) in [6.07, 6.45) is 1.24. The van der Waals surface area contributed by atoms with Crippen molar-refractivity contribution in [3.63, 3.8) is 0 Å². The van der Waals surface area contributed by atoms with Gasteiger partial charge in [-0.1, -0.05) is 0 Å². The Kier molecular flexibility index (Phi) is 3.96. The van der Waals surface area contributed by atoms with E-state index in [0.29, 0.717) is 5.37 Å². The van der Waals surface area contributed by atoms with Gasteiger partial charge in [0.2, 0.25) is 0 Å². The van der Waals surface area contributed by atoms with Gasteiger partial charge in [0.15, 0.2) is 0 Å². The summed E-state index contributed by atoms with van der Waals surface area (Å²) in [5, 5.41) is 3.83. The molecule has 1 aromatic carbocycles. The van der Waals surface area contributed by atoms with E-state index < -0.39 is 0 Å². The van der Waals surface area contributed by atoms with Crippen LogP contribution in [0.4, 0.5) is 0 Å². The standard InChI is InChI=1S/C12H17NO2S/c1-14-9-4-5-10(11(8-9)15-2)12-13-6-3-7-16-12/h4-5,8,12-13H,3,6-7H2,1-2H3. The molecule has 16 heavy (non-hydrogen) atoms. The van der Waals surface area contributed by atoms with E-state index in [-0.39, 0.29) is 0 Å². The average molecular weight is 239 g/mol. The molecule has 0 aromatic heterocycles. The molecule has 1 aromatic rings. The topological polar surface area (TPSA) is 30.5 Å². The largest absolute Gasteiger partial charge is 0.497 e. The van der Waals surface area contributed by atoms with Gasteiger partial charge in [0.25, 0.3) is 0 Å². The van der Waals surface area contributed by atoms with Crippen LogP contribution in [0.3, 0.4) is 0 Å². The lowest BCUT2D eigenvalue weighted by Crippen LogP contribution is -2.25. The highest BCUT2D eigenvalue weighted by Gasteiger charge is 2.19. The van der Waals surface area contributed by atoms with Gasteiger partial charge in [0.05, 0.1) is 19.6 Å². The molecule has 88 valence electrons. The summed E-state index contributed by atoms with van der Waals surface area (Å²) in [5.41, 5.74) is 1.20. The molecule has 1 saturated heterocycles. The number of ether oxygens (including phenoxy) is 2. The summed E-state index contributed by atoms with van der Waals surface area (Å²) < 4.78 is 10.6. The molecule has 1 atom stereocenters. The SMILES string of the molecule is COc1ccc(C2NCCCS2)c(OC)c1. The third-order valence-corrected chi connectivity index (χ3v) is 3.94. The summed E-state index contributed by atoms with van der Waals surface area (Å²) in [6.45, 7) is 1.08. The second-order valence-corrected chi connectivity index (χ2v) is 4.88. The van der Waals surface area contributed by atoms with Gasteiger partial charge in [-0.15, -0.1) is 11.8 Å². The van der Waals surface area contributed by atoms with E-state index >= 15 is 0 Å². The third-order valence-electron chi connectivity index (χ3n) is 2.66. The second kappa shape index (κ2) is 5.46. The van der Waals surface area contributed by atoms with Gasteiger partial charge >= 0.3 is 0 Å². The van der Waals surface area contributed by atoms with Gasteiger partial charge < -0.3 is 14.8 Å². The molecule has 0 radical (unpaired) electrons. The Hall–Kier alpha value is -0.870. The molecule has 1 unspecified atom stereocenters. The number of thioether (sulfide) groups is 1.